The molecule has 0 amide bonds. The van der Waals surface area contributed by atoms with E-state index in [0.29, 0.717) is 0 Å². The molecule has 0 heterocycles. The summed E-state index contributed by atoms with van der Waals surface area (Å²) in [5.74, 6) is 1.72. The van der Waals surface area contributed by atoms with Gasteiger partial charge in [-0.1, -0.05) is 25.8 Å². The Balaban J connectivity index is 1.57. The molecule has 0 spiro atoms. The van der Waals surface area contributed by atoms with Crippen LogP contribution in [0.15, 0.2) is 18.2 Å². The van der Waals surface area contributed by atoms with Crippen LogP contribution in [0.4, 0.5) is 0 Å². The molecule has 1 aromatic rings. The Bertz CT molecular complexity index is 416. The fourth-order valence-electron chi connectivity index (χ4n) is 2.41. The first-order chi connectivity index (χ1) is 10.3. The number of ether oxygens (including phenoxy) is 2. The van der Waals surface area contributed by atoms with Crippen molar-refractivity contribution in [2.45, 2.75) is 57.9 Å². The summed E-state index contributed by atoms with van der Waals surface area (Å²) in [5.41, 5.74) is 1.28. The number of methoxy groups -OCH3 is 1. The highest BCUT2D eigenvalue weighted by Crippen LogP contribution is 2.28. The summed E-state index contributed by atoms with van der Waals surface area (Å²) >= 11 is 0. The molecule has 0 saturated heterocycles. The molecule has 1 aliphatic carbocycles. The van der Waals surface area contributed by atoms with Gasteiger partial charge in [-0.25, -0.2) is 0 Å². The fraction of sp³-hybridized carbons (Fsp3) is 0.667. The summed E-state index contributed by atoms with van der Waals surface area (Å²) in [6.45, 7) is 4.10. The van der Waals surface area contributed by atoms with Crippen LogP contribution in [-0.4, -0.2) is 26.3 Å². The van der Waals surface area contributed by atoms with Gasteiger partial charge in [-0.3, -0.25) is 0 Å². The first kappa shape index (κ1) is 16.2. The maximum Gasteiger partial charge on any atom is 0.161 e. The van der Waals surface area contributed by atoms with E-state index in [4.69, 9.17) is 9.47 Å². The molecule has 1 saturated carbocycles. The third kappa shape index (κ3) is 5.96. The quantitative estimate of drug-likeness (QED) is 0.626. The summed E-state index contributed by atoms with van der Waals surface area (Å²) in [4.78, 5) is 0. The molecule has 1 fully saturated rings. The van der Waals surface area contributed by atoms with Crippen LogP contribution in [0.1, 0.15) is 51.0 Å². The van der Waals surface area contributed by atoms with Crippen molar-refractivity contribution < 1.29 is 9.47 Å². The Morgan fingerprint density at radius 2 is 1.90 bits per heavy atom. The molecule has 3 nitrogen and oxygen atoms in total. The molecule has 0 aliphatic heterocycles. The summed E-state index contributed by atoms with van der Waals surface area (Å²) < 4.78 is 11.2. The average molecular weight is 291 g/mol. The van der Waals surface area contributed by atoms with E-state index >= 15 is 0 Å². The zero-order valence-electron chi connectivity index (χ0n) is 13.5. The Morgan fingerprint density at radius 1 is 1.10 bits per heavy atom. The summed E-state index contributed by atoms with van der Waals surface area (Å²) in [6.07, 6.45) is 8.70. The average Bonchev–Trinajstić information content (AvgIpc) is 3.34. The molecular weight excluding hydrogens is 262 g/mol. The van der Waals surface area contributed by atoms with E-state index in [1.807, 2.05) is 6.07 Å². The molecule has 0 radical (unpaired) electrons. The van der Waals surface area contributed by atoms with Crippen molar-refractivity contribution in [1.29, 1.82) is 0 Å². The van der Waals surface area contributed by atoms with Crippen LogP contribution in [0.3, 0.4) is 0 Å². The van der Waals surface area contributed by atoms with Gasteiger partial charge in [0.05, 0.1) is 13.7 Å². The van der Waals surface area contributed by atoms with Crippen molar-refractivity contribution in [2.75, 3.05) is 20.3 Å². The van der Waals surface area contributed by atoms with Gasteiger partial charge in [-0.05, 0) is 56.3 Å². The highest BCUT2D eigenvalue weighted by Gasteiger charge is 2.19. The largest absolute Gasteiger partial charge is 0.493 e. The van der Waals surface area contributed by atoms with Crippen LogP contribution in [0, 0.1) is 0 Å². The van der Waals surface area contributed by atoms with Crippen molar-refractivity contribution in [3.8, 4) is 11.5 Å². The highest BCUT2D eigenvalue weighted by atomic mass is 16.5. The van der Waals surface area contributed by atoms with Gasteiger partial charge >= 0.3 is 0 Å². The van der Waals surface area contributed by atoms with Crippen molar-refractivity contribution in [3.63, 3.8) is 0 Å². The van der Waals surface area contributed by atoms with Crippen LogP contribution in [-0.2, 0) is 6.42 Å². The van der Waals surface area contributed by atoms with Crippen LogP contribution >= 0.6 is 0 Å². The fourth-order valence-corrected chi connectivity index (χ4v) is 2.41. The topological polar surface area (TPSA) is 30.5 Å². The van der Waals surface area contributed by atoms with Crippen molar-refractivity contribution in [3.05, 3.63) is 23.8 Å². The maximum atomic E-state index is 5.84. The number of hydrogen-bond donors (Lipinski definition) is 1. The zero-order valence-corrected chi connectivity index (χ0v) is 13.5. The SMILES string of the molecule is CCc1ccc(OCCCCCCNC2CC2)c(OC)c1. The predicted molar refractivity (Wildman–Crippen MR) is 87.4 cm³/mol. The van der Waals surface area contributed by atoms with E-state index < -0.39 is 0 Å². The van der Waals surface area contributed by atoms with Gasteiger partial charge in [0.2, 0.25) is 0 Å². The number of rotatable bonds is 11. The van der Waals surface area contributed by atoms with Gasteiger partial charge < -0.3 is 14.8 Å². The highest BCUT2D eigenvalue weighted by molar-refractivity contribution is 5.42. The van der Waals surface area contributed by atoms with Gasteiger partial charge in [0.1, 0.15) is 0 Å². The molecule has 0 unspecified atom stereocenters. The number of unbranched alkanes of at least 4 members (excludes halogenated alkanes) is 3. The summed E-state index contributed by atoms with van der Waals surface area (Å²) in [6, 6.07) is 7.05. The van der Waals surface area contributed by atoms with Crippen molar-refractivity contribution in [1.82, 2.24) is 5.32 Å². The molecule has 1 aromatic carbocycles. The second-order valence-electron chi connectivity index (χ2n) is 5.83. The lowest BCUT2D eigenvalue weighted by molar-refractivity contribution is 0.284. The summed E-state index contributed by atoms with van der Waals surface area (Å²) in [7, 11) is 1.70. The van der Waals surface area contributed by atoms with Crippen LogP contribution in [0.5, 0.6) is 11.5 Å². The van der Waals surface area contributed by atoms with Gasteiger partial charge in [-0.15, -0.1) is 0 Å². The minimum absolute atomic E-state index is 0.776. The molecule has 0 bridgehead atoms. The molecule has 118 valence electrons. The first-order valence-electron chi connectivity index (χ1n) is 8.36. The van der Waals surface area contributed by atoms with E-state index in [1.54, 1.807) is 7.11 Å². The van der Waals surface area contributed by atoms with Crippen LogP contribution in [0.2, 0.25) is 0 Å². The second kappa shape index (κ2) is 8.93. The number of hydrogen-bond acceptors (Lipinski definition) is 3. The Labute approximate surface area is 129 Å². The third-order valence-electron chi connectivity index (χ3n) is 3.98. The molecule has 21 heavy (non-hydrogen) atoms. The van der Waals surface area contributed by atoms with Gasteiger partial charge in [0, 0.05) is 6.04 Å². The predicted octanol–water partition coefficient (Wildman–Crippen LogP) is 3.95. The molecule has 1 aliphatic rings. The minimum Gasteiger partial charge on any atom is -0.493 e. The first-order valence-corrected chi connectivity index (χ1v) is 8.36. The standard InChI is InChI=1S/C18H29NO2/c1-3-15-8-11-17(18(14-15)20-2)21-13-7-5-4-6-12-19-16-9-10-16/h8,11,14,16,19H,3-7,9-10,12-13H2,1-2H3. The molecular formula is C18H29NO2. The van der Waals surface area contributed by atoms with E-state index in [2.05, 4.69) is 24.4 Å². The van der Waals surface area contributed by atoms with Crippen LogP contribution in [0.25, 0.3) is 0 Å². The van der Waals surface area contributed by atoms with E-state index in [-0.39, 0.29) is 0 Å². The maximum absolute atomic E-state index is 5.84. The molecule has 0 aromatic heterocycles. The molecule has 2 rings (SSSR count). The molecule has 1 N–H and O–H groups in total. The van der Waals surface area contributed by atoms with Gasteiger partial charge in [-0.2, -0.15) is 0 Å². The minimum atomic E-state index is 0.776. The van der Waals surface area contributed by atoms with E-state index in [9.17, 15) is 0 Å². The molecule has 0 atom stereocenters. The van der Waals surface area contributed by atoms with Crippen LogP contribution < -0.4 is 14.8 Å². The number of aryl methyl sites for hydroxylation is 1. The van der Waals surface area contributed by atoms with Gasteiger partial charge in [0.15, 0.2) is 11.5 Å². The van der Waals surface area contributed by atoms with E-state index in [0.717, 1.165) is 37.0 Å². The van der Waals surface area contributed by atoms with Crippen molar-refractivity contribution >= 4 is 0 Å². The molecule has 3 heteroatoms. The smallest absolute Gasteiger partial charge is 0.161 e. The number of benzene rings is 1. The third-order valence-corrected chi connectivity index (χ3v) is 3.98. The van der Waals surface area contributed by atoms with Gasteiger partial charge in [0.25, 0.3) is 0 Å². The van der Waals surface area contributed by atoms with E-state index in [1.165, 1.54) is 44.2 Å². The van der Waals surface area contributed by atoms with Crippen molar-refractivity contribution in [2.24, 2.45) is 0 Å². The lowest BCUT2D eigenvalue weighted by atomic mass is 10.1. The lowest BCUT2D eigenvalue weighted by Gasteiger charge is -2.11. The Hall–Kier alpha value is -1.22. The Morgan fingerprint density at radius 3 is 2.62 bits per heavy atom. The summed E-state index contributed by atoms with van der Waals surface area (Å²) in [5, 5.41) is 3.55. The monoisotopic (exact) mass is 291 g/mol. The number of nitrogens with one attached hydrogen (secondary N) is 1. The Kier molecular flexibility index (Phi) is 6.87. The second-order valence-corrected chi connectivity index (χ2v) is 5.83. The lowest BCUT2D eigenvalue weighted by Crippen LogP contribution is -2.17. The zero-order chi connectivity index (χ0) is 14.9. The normalized spacial score (nSPS) is 14.2.